The number of nitrogens with zero attached hydrogens (tertiary/aromatic N) is 1. The summed E-state index contributed by atoms with van der Waals surface area (Å²) in [4.78, 5) is 10.5. The zero-order valence-electron chi connectivity index (χ0n) is 9.74. The standard InChI is InChI=1S/C13H12F3NO/c1-17-11-5-3-2-4-9(11)8-12(17)10(6-7-18)13(14,15)16/h2-5,7-8,10H,6H2,1H3. The molecule has 18 heavy (non-hydrogen) atoms. The smallest absolute Gasteiger partial charge is 0.347 e. The Morgan fingerprint density at radius 1 is 1.33 bits per heavy atom. The van der Waals surface area contributed by atoms with Gasteiger partial charge in [-0.25, -0.2) is 0 Å². The van der Waals surface area contributed by atoms with Gasteiger partial charge in [-0.3, -0.25) is 0 Å². The lowest BCUT2D eigenvalue weighted by Crippen LogP contribution is -2.23. The molecule has 0 aliphatic heterocycles. The molecule has 0 spiro atoms. The number of halogens is 3. The normalized spacial score (nSPS) is 13.8. The molecule has 2 aromatic rings. The van der Waals surface area contributed by atoms with Crippen molar-refractivity contribution in [1.82, 2.24) is 4.57 Å². The van der Waals surface area contributed by atoms with Crippen molar-refractivity contribution in [2.45, 2.75) is 18.5 Å². The number of hydrogen-bond acceptors (Lipinski definition) is 1. The number of carbonyl (C=O) groups is 1. The first kappa shape index (κ1) is 12.7. The number of para-hydroxylation sites is 1. The zero-order valence-corrected chi connectivity index (χ0v) is 9.74. The van der Waals surface area contributed by atoms with Crippen LogP contribution in [0.3, 0.4) is 0 Å². The van der Waals surface area contributed by atoms with E-state index in [0.717, 1.165) is 10.9 Å². The molecule has 1 aromatic carbocycles. The molecule has 1 atom stereocenters. The van der Waals surface area contributed by atoms with Crippen molar-refractivity contribution in [2.75, 3.05) is 0 Å². The van der Waals surface area contributed by atoms with Crippen molar-refractivity contribution < 1.29 is 18.0 Å². The van der Waals surface area contributed by atoms with Gasteiger partial charge in [0.05, 0.1) is 0 Å². The summed E-state index contributed by atoms with van der Waals surface area (Å²) < 4.78 is 40.3. The fourth-order valence-corrected chi connectivity index (χ4v) is 2.16. The van der Waals surface area contributed by atoms with E-state index in [9.17, 15) is 18.0 Å². The number of carbonyl (C=O) groups excluding carboxylic acids is 1. The van der Waals surface area contributed by atoms with Crippen LogP contribution < -0.4 is 0 Å². The Morgan fingerprint density at radius 2 is 2.00 bits per heavy atom. The van der Waals surface area contributed by atoms with Gasteiger partial charge in [0.25, 0.3) is 0 Å². The van der Waals surface area contributed by atoms with Crippen LogP contribution in [0.5, 0.6) is 0 Å². The second-order valence-electron chi connectivity index (χ2n) is 4.18. The first-order valence-corrected chi connectivity index (χ1v) is 5.50. The molecular weight excluding hydrogens is 243 g/mol. The number of rotatable bonds is 3. The number of alkyl halides is 3. The van der Waals surface area contributed by atoms with E-state index in [4.69, 9.17) is 0 Å². The topological polar surface area (TPSA) is 22.0 Å². The van der Waals surface area contributed by atoms with Crippen LogP contribution >= 0.6 is 0 Å². The summed E-state index contributed by atoms with van der Waals surface area (Å²) in [6, 6.07) is 8.56. The van der Waals surface area contributed by atoms with Crippen LogP contribution in [0.15, 0.2) is 30.3 Å². The number of benzene rings is 1. The van der Waals surface area contributed by atoms with E-state index < -0.39 is 18.5 Å². The monoisotopic (exact) mass is 255 g/mol. The van der Waals surface area contributed by atoms with Crippen molar-refractivity contribution in [3.8, 4) is 0 Å². The number of aldehydes is 1. The molecule has 0 fully saturated rings. The van der Waals surface area contributed by atoms with Crippen molar-refractivity contribution in [2.24, 2.45) is 7.05 Å². The van der Waals surface area contributed by atoms with Crippen LogP contribution in [0, 0.1) is 0 Å². The average molecular weight is 255 g/mol. The number of fused-ring (bicyclic) bond motifs is 1. The molecule has 2 nitrogen and oxygen atoms in total. The van der Waals surface area contributed by atoms with E-state index in [2.05, 4.69) is 0 Å². The Hall–Kier alpha value is -1.78. The molecule has 5 heteroatoms. The van der Waals surface area contributed by atoms with Gasteiger partial charge in [0, 0.05) is 24.7 Å². The molecule has 0 bridgehead atoms. The second kappa shape index (κ2) is 4.48. The molecule has 0 amide bonds. The van der Waals surface area contributed by atoms with Gasteiger partial charge in [-0.1, -0.05) is 18.2 Å². The van der Waals surface area contributed by atoms with Gasteiger partial charge in [0.15, 0.2) is 0 Å². The molecule has 0 aliphatic rings. The lowest BCUT2D eigenvalue weighted by atomic mass is 10.0. The third kappa shape index (κ3) is 2.12. The first-order chi connectivity index (χ1) is 8.45. The third-order valence-corrected chi connectivity index (χ3v) is 3.07. The van der Waals surface area contributed by atoms with Crippen LogP contribution in [0.1, 0.15) is 18.0 Å². The number of aryl methyl sites for hydroxylation is 1. The summed E-state index contributed by atoms with van der Waals surface area (Å²) in [7, 11) is 1.58. The predicted molar refractivity (Wildman–Crippen MR) is 62.4 cm³/mol. The molecule has 0 aliphatic carbocycles. The summed E-state index contributed by atoms with van der Waals surface area (Å²) in [5.74, 6) is -1.74. The number of hydrogen-bond donors (Lipinski definition) is 0. The molecule has 1 unspecified atom stereocenters. The maximum absolute atomic E-state index is 12.9. The fourth-order valence-electron chi connectivity index (χ4n) is 2.16. The Labute approximate surface area is 102 Å². The summed E-state index contributed by atoms with van der Waals surface area (Å²) in [6.45, 7) is 0. The predicted octanol–water partition coefficient (Wildman–Crippen LogP) is 3.41. The molecular formula is C13H12F3NO. The van der Waals surface area contributed by atoms with E-state index in [1.165, 1.54) is 10.6 Å². The maximum Gasteiger partial charge on any atom is 0.397 e. The second-order valence-corrected chi connectivity index (χ2v) is 4.18. The summed E-state index contributed by atoms with van der Waals surface area (Å²) in [6.07, 6.45) is -4.65. The van der Waals surface area contributed by atoms with Gasteiger partial charge in [0.1, 0.15) is 12.2 Å². The highest BCUT2D eigenvalue weighted by molar-refractivity contribution is 5.81. The molecule has 2 rings (SSSR count). The van der Waals surface area contributed by atoms with Crippen LogP contribution in [0.2, 0.25) is 0 Å². The third-order valence-electron chi connectivity index (χ3n) is 3.07. The van der Waals surface area contributed by atoms with Crippen LogP contribution in [-0.4, -0.2) is 17.0 Å². The van der Waals surface area contributed by atoms with Gasteiger partial charge >= 0.3 is 6.18 Å². The molecule has 1 aromatic heterocycles. The Kier molecular flexibility index (Phi) is 3.15. The fraction of sp³-hybridized carbons (Fsp3) is 0.308. The highest BCUT2D eigenvalue weighted by atomic mass is 19.4. The minimum Gasteiger partial charge on any atom is -0.347 e. The summed E-state index contributed by atoms with van der Waals surface area (Å²) >= 11 is 0. The largest absolute Gasteiger partial charge is 0.397 e. The Balaban J connectivity index is 2.57. The van der Waals surface area contributed by atoms with Crippen molar-refractivity contribution in [3.05, 3.63) is 36.0 Å². The SMILES string of the molecule is Cn1c(C(CC=O)C(F)(F)F)cc2ccccc21. The van der Waals surface area contributed by atoms with E-state index in [0.29, 0.717) is 6.29 Å². The van der Waals surface area contributed by atoms with Gasteiger partial charge in [0.2, 0.25) is 0 Å². The van der Waals surface area contributed by atoms with Crippen molar-refractivity contribution in [3.63, 3.8) is 0 Å². The van der Waals surface area contributed by atoms with Crippen molar-refractivity contribution in [1.29, 1.82) is 0 Å². The molecule has 0 saturated heterocycles. The van der Waals surface area contributed by atoms with E-state index in [-0.39, 0.29) is 5.69 Å². The number of aromatic nitrogens is 1. The highest BCUT2D eigenvalue weighted by Gasteiger charge is 2.41. The molecule has 96 valence electrons. The molecule has 1 heterocycles. The molecule has 0 saturated carbocycles. The Bertz CT molecular complexity index is 571. The Morgan fingerprint density at radius 3 is 2.56 bits per heavy atom. The molecule has 0 radical (unpaired) electrons. The lowest BCUT2D eigenvalue weighted by molar-refractivity contribution is -0.155. The zero-order chi connectivity index (χ0) is 13.3. The van der Waals surface area contributed by atoms with Gasteiger partial charge in [-0.15, -0.1) is 0 Å². The van der Waals surface area contributed by atoms with E-state index in [1.54, 1.807) is 31.3 Å². The highest BCUT2D eigenvalue weighted by Crippen LogP contribution is 2.38. The maximum atomic E-state index is 12.9. The summed E-state index contributed by atoms with van der Waals surface area (Å²) in [5.41, 5.74) is 0.850. The van der Waals surface area contributed by atoms with Crippen LogP contribution in [0.4, 0.5) is 13.2 Å². The van der Waals surface area contributed by atoms with Gasteiger partial charge < -0.3 is 9.36 Å². The summed E-state index contributed by atoms with van der Waals surface area (Å²) in [5, 5.41) is 0.746. The van der Waals surface area contributed by atoms with Crippen LogP contribution in [0.25, 0.3) is 10.9 Å². The minimum absolute atomic E-state index is 0.121. The van der Waals surface area contributed by atoms with Crippen LogP contribution in [-0.2, 0) is 11.8 Å². The minimum atomic E-state index is -4.41. The van der Waals surface area contributed by atoms with E-state index in [1.807, 2.05) is 0 Å². The van der Waals surface area contributed by atoms with E-state index >= 15 is 0 Å². The average Bonchev–Trinajstić information content (AvgIpc) is 2.63. The quantitative estimate of drug-likeness (QED) is 0.770. The van der Waals surface area contributed by atoms with Gasteiger partial charge in [-0.2, -0.15) is 13.2 Å². The van der Waals surface area contributed by atoms with Gasteiger partial charge in [-0.05, 0) is 17.5 Å². The first-order valence-electron chi connectivity index (χ1n) is 5.50. The van der Waals surface area contributed by atoms with Crippen molar-refractivity contribution >= 4 is 17.2 Å². The lowest BCUT2D eigenvalue weighted by Gasteiger charge is -2.19. The molecule has 0 N–H and O–H groups in total.